The van der Waals surface area contributed by atoms with Gasteiger partial charge in [0.05, 0.1) is 5.60 Å². The van der Waals surface area contributed by atoms with Crippen molar-refractivity contribution >= 4 is 0 Å². The van der Waals surface area contributed by atoms with E-state index in [-0.39, 0.29) is 0 Å². The molecule has 1 aromatic carbocycles. The topological polar surface area (TPSA) is 46.2 Å². The molecule has 2 nitrogen and oxygen atoms in total. The first-order chi connectivity index (χ1) is 7.68. The van der Waals surface area contributed by atoms with Gasteiger partial charge in [-0.25, -0.2) is 0 Å². The van der Waals surface area contributed by atoms with Crippen molar-refractivity contribution < 1.29 is 5.11 Å². The third-order valence-corrected chi connectivity index (χ3v) is 3.12. The first-order valence-corrected chi connectivity index (χ1v) is 6.18. The Kier molecular flexibility index (Phi) is 4.97. The summed E-state index contributed by atoms with van der Waals surface area (Å²) in [6.45, 7) is 4.73. The fourth-order valence-corrected chi connectivity index (χ4v) is 2.33. The molecule has 0 radical (unpaired) electrons. The summed E-state index contributed by atoms with van der Waals surface area (Å²) in [6, 6.07) is 8.14. The molecule has 0 aliphatic carbocycles. The fourth-order valence-electron chi connectivity index (χ4n) is 2.33. The van der Waals surface area contributed by atoms with E-state index in [0.717, 1.165) is 24.8 Å². The Morgan fingerprint density at radius 1 is 1.19 bits per heavy atom. The normalized spacial score (nSPS) is 14.8. The van der Waals surface area contributed by atoms with E-state index in [1.807, 2.05) is 18.2 Å². The van der Waals surface area contributed by atoms with Gasteiger partial charge in [-0.15, -0.1) is 0 Å². The molecule has 0 aliphatic rings. The second-order valence-corrected chi connectivity index (χ2v) is 4.33. The van der Waals surface area contributed by atoms with Crippen LogP contribution < -0.4 is 5.73 Å². The molecule has 0 amide bonds. The van der Waals surface area contributed by atoms with Gasteiger partial charge in [0.2, 0.25) is 0 Å². The summed E-state index contributed by atoms with van der Waals surface area (Å²) < 4.78 is 0. The van der Waals surface area contributed by atoms with E-state index >= 15 is 0 Å². The molecule has 1 rings (SSSR count). The van der Waals surface area contributed by atoms with E-state index in [1.165, 1.54) is 5.56 Å². The molecule has 3 N–H and O–H groups in total. The maximum Gasteiger partial charge on any atom is 0.0911 e. The molecule has 0 aromatic heterocycles. The van der Waals surface area contributed by atoms with Gasteiger partial charge in [0, 0.05) is 0 Å². The van der Waals surface area contributed by atoms with Gasteiger partial charge in [0.15, 0.2) is 0 Å². The van der Waals surface area contributed by atoms with Gasteiger partial charge in [0.1, 0.15) is 0 Å². The lowest BCUT2D eigenvalue weighted by atomic mass is 9.83. The average molecular weight is 221 g/mol. The summed E-state index contributed by atoms with van der Waals surface area (Å²) in [5.41, 5.74) is 7.16. The molecule has 0 saturated carbocycles. The first kappa shape index (κ1) is 13.2. The summed E-state index contributed by atoms with van der Waals surface area (Å²) in [7, 11) is 0. The predicted octanol–water partition coefficient (Wildman–Crippen LogP) is 2.59. The lowest BCUT2D eigenvalue weighted by Crippen LogP contribution is -2.30. The van der Waals surface area contributed by atoms with Crippen LogP contribution in [0.2, 0.25) is 0 Å². The SMILES string of the molecule is CCCC(O)(CCN)c1ccccc1CC. The van der Waals surface area contributed by atoms with Crippen molar-refractivity contribution in [1.82, 2.24) is 0 Å². The molecule has 0 fully saturated rings. The number of nitrogens with two attached hydrogens (primary N) is 1. The number of hydrogen-bond donors (Lipinski definition) is 2. The summed E-state index contributed by atoms with van der Waals surface area (Å²) in [6.07, 6.45) is 3.33. The zero-order valence-corrected chi connectivity index (χ0v) is 10.4. The van der Waals surface area contributed by atoms with Crippen molar-refractivity contribution in [2.24, 2.45) is 5.73 Å². The van der Waals surface area contributed by atoms with Crippen LogP contribution in [0.15, 0.2) is 24.3 Å². The van der Waals surface area contributed by atoms with Crippen LogP contribution in [0.25, 0.3) is 0 Å². The molecule has 1 atom stereocenters. The third kappa shape index (κ3) is 2.83. The van der Waals surface area contributed by atoms with E-state index < -0.39 is 5.60 Å². The third-order valence-electron chi connectivity index (χ3n) is 3.12. The Bertz CT molecular complexity index is 316. The minimum Gasteiger partial charge on any atom is -0.385 e. The summed E-state index contributed by atoms with van der Waals surface area (Å²) >= 11 is 0. The molecule has 0 bridgehead atoms. The first-order valence-electron chi connectivity index (χ1n) is 6.18. The van der Waals surface area contributed by atoms with Crippen LogP contribution in [-0.4, -0.2) is 11.7 Å². The standard InChI is InChI=1S/C14H23NO/c1-3-9-14(16,10-11-15)13-8-6-5-7-12(13)4-2/h5-8,16H,3-4,9-11,15H2,1-2H3. The molecule has 0 saturated heterocycles. The lowest BCUT2D eigenvalue weighted by Gasteiger charge is -2.30. The number of rotatable bonds is 6. The highest BCUT2D eigenvalue weighted by Gasteiger charge is 2.28. The van der Waals surface area contributed by atoms with Gasteiger partial charge < -0.3 is 10.8 Å². The van der Waals surface area contributed by atoms with Crippen molar-refractivity contribution in [3.63, 3.8) is 0 Å². The number of aryl methyl sites for hydroxylation is 1. The van der Waals surface area contributed by atoms with E-state index in [2.05, 4.69) is 19.9 Å². The molecular weight excluding hydrogens is 198 g/mol. The van der Waals surface area contributed by atoms with Crippen molar-refractivity contribution in [1.29, 1.82) is 0 Å². The Labute approximate surface area is 98.5 Å². The predicted molar refractivity (Wildman–Crippen MR) is 68.3 cm³/mol. The van der Waals surface area contributed by atoms with Crippen molar-refractivity contribution in [3.8, 4) is 0 Å². The molecule has 0 heterocycles. The number of aliphatic hydroxyl groups is 1. The molecule has 1 aromatic rings. The van der Waals surface area contributed by atoms with E-state index in [0.29, 0.717) is 13.0 Å². The summed E-state index contributed by atoms with van der Waals surface area (Å²) in [5.74, 6) is 0. The highest BCUT2D eigenvalue weighted by Crippen LogP contribution is 2.32. The minimum atomic E-state index is -0.740. The van der Waals surface area contributed by atoms with Gasteiger partial charge in [-0.2, -0.15) is 0 Å². The fraction of sp³-hybridized carbons (Fsp3) is 0.571. The molecular formula is C14H23NO. The molecule has 16 heavy (non-hydrogen) atoms. The monoisotopic (exact) mass is 221 g/mol. The van der Waals surface area contributed by atoms with Gasteiger partial charge in [-0.1, -0.05) is 44.5 Å². The van der Waals surface area contributed by atoms with Crippen LogP contribution in [0.3, 0.4) is 0 Å². The number of hydrogen-bond acceptors (Lipinski definition) is 2. The van der Waals surface area contributed by atoms with Crippen LogP contribution in [0.1, 0.15) is 44.2 Å². The molecule has 0 aliphatic heterocycles. The Hall–Kier alpha value is -0.860. The van der Waals surface area contributed by atoms with Gasteiger partial charge in [-0.05, 0) is 36.9 Å². The molecule has 1 unspecified atom stereocenters. The second-order valence-electron chi connectivity index (χ2n) is 4.33. The quantitative estimate of drug-likeness (QED) is 0.775. The Morgan fingerprint density at radius 3 is 2.44 bits per heavy atom. The Morgan fingerprint density at radius 2 is 1.88 bits per heavy atom. The zero-order chi connectivity index (χ0) is 12.0. The lowest BCUT2D eigenvalue weighted by molar-refractivity contribution is 0.0194. The van der Waals surface area contributed by atoms with Crippen LogP contribution in [0, 0.1) is 0 Å². The van der Waals surface area contributed by atoms with Gasteiger partial charge in [0.25, 0.3) is 0 Å². The van der Waals surface area contributed by atoms with Crippen molar-refractivity contribution in [2.75, 3.05) is 6.54 Å². The number of benzene rings is 1. The van der Waals surface area contributed by atoms with Crippen LogP contribution >= 0.6 is 0 Å². The van der Waals surface area contributed by atoms with E-state index in [4.69, 9.17) is 5.73 Å². The van der Waals surface area contributed by atoms with E-state index in [1.54, 1.807) is 0 Å². The summed E-state index contributed by atoms with van der Waals surface area (Å²) in [5, 5.41) is 10.7. The molecule has 0 spiro atoms. The maximum absolute atomic E-state index is 10.7. The van der Waals surface area contributed by atoms with Crippen molar-refractivity contribution in [2.45, 2.75) is 45.1 Å². The van der Waals surface area contributed by atoms with Gasteiger partial charge >= 0.3 is 0 Å². The molecule has 90 valence electrons. The van der Waals surface area contributed by atoms with Crippen LogP contribution in [0.4, 0.5) is 0 Å². The minimum absolute atomic E-state index is 0.522. The molecule has 2 heteroatoms. The van der Waals surface area contributed by atoms with E-state index in [9.17, 15) is 5.11 Å². The Balaban J connectivity index is 3.09. The van der Waals surface area contributed by atoms with Gasteiger partial charge in [-0.3, -0.25) is 0 Å². The second kappa shape index (κ2) is 6.02. The van der Waals surface area contributed by atoms with Crippen LogP contribution in [-0.2, 0) is 12.0 Å². The summed E-state index contributed by atoms with van der Waals surface area (Å²) in [4.78, 5) is 0. The maximum atomic E-state index is 10.7. The highest BCUT2D eigenvalue weighted by atomic mass is 16.3. The largest absolute Gasteiger partial charge is 0.385 e. The van der Waals surface area contributed by atoms with Crippen LogP contribution in [0.5, 0.6) is 0 Å². The zero-order valence-electron chi connectivity index (χ0n) is 10.4. The smallest absolute Gasteiger partial charge is 0.0911 e. The van der Waals surface area contributed by atoms with Crippen molar-refractivity contribution in [3.05, 3.63) is 35.4 Å². The highest BCUT2D eigenvalue weighted by molar-refractivity contribution is 5.32. The average Bonchev–Trinajstić information content (AvgIpc) is 2.29.